The number of halogens is 5. The van der Waals surface area contributed by atoms with E-state index in [1.54, 1.807) is 6.92 Å². The zero-order valence-electron chi connectivity index (χ0n) is 19.2. The molecule has 184 valence electrons. The van der Waals surface area contributed by atoms with Crippen molar-refractivity contribution < 1.29 is 22.8 Å². The quantitative estimate of drug-likeness (QED) is 0.407. The summed E-state index contributed by atoms with van der Waals surface area (Å²) in [5, 5.41) is 5.76. The minimum absolute atomic E-state index is 0.0241. The van der Waals surface area contributed by atoms with Crippen LogP contribution < -0.4 is 10.6 Å². The van der Waals surface area contributed by atoms with Crippen molar-refractivity contribution in [2.75, 3.05) is 5.32 Å². The molecule has 2 aliphatic rings. The Labute approximate surface area is 214 Å². The highest BCUT2D eigenvalue weighted by atomic mass is 79.9. The number of ketones is 1. The van der Waals surface area contributed by atoms with Gasteiger partial charge in [-0.15, -0.1) is 0 Å². The fraction of sp³-hybridized carbons (Fsp3) is 0.308. The number of hydrogen-bond acceptors (Lipinski definition) is 3. The maximum Gasteiger partial charge on any atom is 0.416 e. The molecule has 4 nitrogen and oxygen atoms in total. The number of Topliss-reactive ketones (excluding diaryl/α,β-unsaturated/α-hetero) is 1. The molecular weight excluding hydrogens is 545 g/mol. The molecule has 1 atom stereocenters. The molecule has 1 aliphatic carbocycles. The first-order chi connectivity index (χ1) is 16.3. The van der Waals surface area contributed by atoms with Gasteiger partial charge in [0.15, 0.2) is 5.78 Å². The number of alkyl halides is 3. The number of amides is 1. The van der Waals surface area contributed by atoms with E-state index in [0.717, 1.165) is 33.9 Å². The highest BCUT2D eigenvalue weighted by Crippen LogP contribution is 2.47. The highest BCUT2D eigenvalue weighted by molar-refractivity contribution is 9.10. The molecule has 0 aromatic heterocycles. The van der Waals surface area contributed by atoms with Crippen molar-refractivity contribution in [3.63, 3.8) is 0 Å². The predicted molar refractivity (Wildman–Crippen MR) is 133 cm³/mol. The van der Waals surface area contributed by atoms with Crippen LogP contribution in [0.25, 0.3) is 0 Å². The van der Waals surface area contributed by atoms with E-state index < -0.39 is 23.6 Å². The van der Waals surface area contributed by atoms with Crippen LogP contribution in [-0.4, -0.2) is 11.7 Å². The van der Waals surface area contributed by atoms with E-state index in [9.17, 15) is 22.8 Å². The van der Waals surface area contributed by atoms with Crippen LogP contribution in [0.2, 0.25) is 5.02 Å². The molecule has 35 heavy (non-hydrogen) atoms. The van der Waals surface area contributed by atoms with E-state index in [1.165, 1.54) is 0 Å². The third-order valence-electron chi connectivity index (χ3n) is 6.23. The van der Waals surface area contributed by atoms with Gasteiger partial charge in [-0.1, -0.05) is 53.5 Å². The number of dihydropyridines is 1. The Balaban J connectivity index is 1.79. The van der Waals surface area contributed by atoms with Crippen molar-refractivity contribution in [1.82, 2.24) is 5.32 Å². The normalized spacial score (nSPS) is 19.9. The third-order valence-corrected chi connectivity index (χ3v) is 7.09. The summed E-state index contributed by atoms with van der Waals surface area (Å²) < 4.78 is 40.6. The van der Waals surface area contributed by atoms with E-state index in [4.69, 9.17) is 11.6 Å². The van der Waals surface area contributed by atoms with E-state index in [0.29, 0.717) is 24.1 Å². The van der Waals surface area contributed by atoms with Gasteiger partial charge in [0, 0.05) is 39.4 Å². The maximum atomic E-state index is 13.6. The fourth-order valence-corrected chi connectivity index (χ4v) is 5.14. The first-order valence-electron chi connectivity index (χ1n) is 10.9. The number of carbonyl (C=O) groups excluding carboxylic acids is 2. The molecule has 2 aromatic carbocycles. The van der Waals surface area contributed by atoms with Crippen LogP contribution in [0.3, 0.4) is 0 Å². The van der Waals surface area contributed by atoms with Gasteiger partial charge in [-0.05, 0) is 54.7 Å². The van der Waals surface area contributed by atoms with E-state index in [1.807, 2.05) is 38.1 Å². The smallest absolute Gasteiger partial charge is 0.362 e. The first kappa shape index (κ1) is 25.5. The predicted octanol–water partition coefficient (Wildman–Crippen LogP) is 7.36. The Morgan fingerprint density at radius 2 is 1.80 bits per heavy atom. The van der Waals surface area contributed by atoms with Gasteiger partial charge in [0.05, 0.1) is 16.3 Å². The number of hydrogen-bond donors (Lipinski definition) is 2. The molecular formula is C26H23BrClF3N2O2. The second kappa shape index (κ2) is 9.13. The number of rotatable bonds is 3. The van der Waals surface area contributed by atoms with Gasteiger partial charge in [0.25, 0.3) is 5.91 Å². The van der Waals surface area contributed by atoms with Gasteiger partial charge in [-0.3, -0.25) is 9.59 Å². The Morgan fingerprint density at radius 3 is 2.43 bits per heavy atom. The number of carbonyl (C=O) groups is 2. The summed E-state index contributed by atoms with van der Waals surface area (Å²) >= 11 is 9.53. The molecule has 0 saturated heterocycles. The molecule has 1 heterocycles. The summed E-state index contributed by atoms with van der Waals surface area (Å²) in [5.41, 5.74) is 1.48. The minimum atomic E-state index is -4.59. The van der Waals surface area contributed by atoms with Crippen molar-refractivity contribution >= 4 is 44.9 Å². The van der Waals surface area contributed by atoms with Crippen LogP contribution in [0.1, 0.15) is 50.7 Å². The molecule has 0 spiro atoms. The maximum absolute atomic E-state index is 13.6. The zero-order valence-corrected chi connectivity index (χ0v) is 21.6. The van der Waals surface area contributed by atoms with Crippen molar-refractivity contribution in [3.05, 3.63) is 85.6 Å². The molecule has 0 saturated carbocycles. The molecule has 4 rings (SSSR count). The molecule has 2 aromatic rings. The van der Waals surface area contributed by atoms with Gasteiger partial charge >= 0.3 is 6.18 Å². The number of benzene rings is 2. The Bertz CT molecular complexity index is 1280. The van der Waals surface area contributed by atoms with Crippen LogP contribution in [0, 0.1) is 5.41 Å². The second-order valence-electron chi connectivity index (χ2n) is 9.63. The zero-order chi connectivity index (χ0) is 25.7. The van der Waals surface area contributed by atoms with E-state index in [2.05, 4.69) is 26.6 Å². The second-order valence-corrected chi connectivity index (χ2v) is 11.0. The summed E-state index contributed by atoms with van der Waals surface area (Å²) in [5.74, 6) is -1.37. The SMILES string of the molecule is CC1=C(C(=O)Nc2cc(C(F)(F)F)ccc2Cl)[C@@H](c2ccc(Br)cc2)C2=C(CC(C)(C)CC2=O)N1. The van der Waals surface area contributed by atoms with Crippen molar-refractivity contribution in [2.45, 2.75) is 45.7 Å². The monoisotopic (exact) mass is 566 g/mol. The summed E-state index contributed by atoms with van der Waals surface area (Å²) in [7, 11) is 0. The van der Waals surface area contributed by atoms with E-state index >= 15 is 0 Å². The molecule has 0 radical (unpaired) electrons. The number of anilines is 1. The average Bonchev–Trinajstić information content (AvgIpc) is 2.73. The minimum Gasteiger partial charge on any atom is -0.362 e. The average molecular weight is 568 g/mol. The summed E-state index contributed by atoms with van der Waals surface area (Å²) in [6, 6.07) is 10.1. The Kier molecular flexibility index (Phi) is 6.66. The lowest BCUT2D eigenvalue weighted by Gasteiger charge is -2.39. The third kappa shape index (κ3) is 5.19. The van der Waals surface area contributed by atoms with Gasteiger partial charge in [0.2, 0.25) is 0 Å². The van der Waals surface area contributed by atoms with Crippen LogP contribution in [0.15, 0.2) is 69.5 Å². The standard InChI is InChI=1S/C26H23BrClF3N2O2/c1-13-21(24(35)33-18-10-15(26(29,30)31)6-9-17(18)28)22(14-4-7-16(27)8-5-14)23-19(32-13)11-25(2,3)12-20(23)34/h4-10,22,32H,11-12H2,1-3H3,(H,33,35)/t22-/m1/s1. The molecule has 0 unspecified atom stereocenters. The van der Waals surface area contributed by atoms with Crippen molar-refractivity contribution in [2.24, 2.45) is 5.41 Å². The number of nitrogens with one attached hydrogen (secondary N) is 2. The molecule has 1 amide bonds. The Morgan fingerprint density at radius 1 is 1.14 bits per heavy atom. The van der Waals surface area contributed by atoms with Crippen LogP contribution in [0.5, 0.6) is 0 Å². The lowest BCUT2D eigenvalue weighted by molar-refractivity contribution is -0.137. The molecule has 9 heteroatoms. The van der Waals surface area contributed by atoms with Gasteiger partial charge in [-0.25, -0.2) is 0 Å². The van der Waals surface area contributed by atoms with Crippen LogP contribution in [0.4, 0.5) is 18.9 Å². The lowest BCUT2D eigenvalue weighted by Crippen LogP contribution is -2.39. The highest BCUT2D eigenvalue weighted by Gasteiger charge is 2.42. The van der Waals surface area contributed by atoms with Crippen molar-refractivity contribution in [1.29, 1.82) is 0 Å². The van der Waals surface area contributed by atoms with Crippen molar-refractivity contribution in [3.8, 4) is 0 Å². The first-order valence-corrected chi connectivity index (χ1v) is 12.1. The summed E-state index contributed by atoms with van der Waals surface area (Å²) in [6.07, 6.45) is -3.63. The number of allylic oxidation sites excluding steroid dienone is 3. The molecule has 2 N–H and O–H groups in total. The van der Waals surface area contributed by atoms with Gasteiger partial charge in [-0.2, -0.15) is 13.2 Å². The topological polar surface area (TPSA) is 58.2 Å². The van der Waals surface area contributed by atoms with E-state index in [-0.39, 0.29) is 27.5 Å². The van der Waals surface area contributed by atoms with Crippen LogP contribution in [-0.2, 0) is 15.8 Å². The molecule has 0 bridgehead atoms. The Hall–Kier alpha value is -2.58. The largest absolute Gasteiger partial charge is 0.416 e. The van der Waals surface area contributed by atoms with Gasteiger partial charge in [0.1, 0.15) is 0 Å². The van der Waals surface area contributed by atoms with Crippen LogP contribution >= 0.6 is 27.5 Å². The molecule has 1 aliphatic heterocycles. The van der Waals surface area contributed by atoms with Gasteiger partial charge < -0.3 is 10.6 Å². The lowest BCUT2D eigenvalue weighted by atomic mass is 9.68. The fourth-order valence-electron chi connectivity index (χ4n) is 4.71. The molecule has 0 fully saturated rings. The summed E-state index contributed by atoms with van der Waals surface area (Å²) in [4.78, 5) is 26.9. The summed E-state index contributed by atoms with van der Waals surface area (Å²) in [6.45, 7) is 5.76.